The topological polar surface area (TPSA) is 95.9 Å². The van der Waals surface area contributed by atoms with Crippen LogP contribution in [0.3, 0.4) is 0 Å². The first-order chi connectivity index (χ1) is 43.0. The predicted molar refractivity (Wildman–Crippen MR) is 384 cm³/mol. The molecule has 2 unspecified atom stereocenters. The fourth-order valence-corrected chi connectivity index (χ4v) is 13.2. The summed E-state index contributed by atoms with van der Waals surface area (Å²) in [7, 11) is 0. The molecule has 0 radical (unpaired) electrons. The SMILES string of the molecule is CCCCCCCCC/C=C\CCCCCCCC(=O)OCCCCCCCCCCCCCCCCCCCCCCCCCCCCCCCCCCCCCCCC(=O)NC(CO)C(O)CCCCCCCCCCCCCCCCCCC. The minimum absolute atomic E-state index is 0.0171. The van der Waals surface area contributed by atoms with E-state index in [0.29, 0.717) is 25.9 Å². The molecule has 0 rings (SSSR count). The monoisotopic (exact) mass is 1230 g/mol. The second kappa shape index (κ2) is 77.1. The first-order valence-corrected chi connectivity index (χ1v) is 40.4. The van der Waals surface area contributed by atoms with E-state index in [0.717, 1.165) is 44.9 Å². The van der Waals surface area contributed by atoms with Crippen LogP contribution in [-0.4, -0.2) is 47.4 Å². The molecule has 87 heavy (non-hydrogen) atoms. The number of unbranched alkanes of at least 4 members (excludes halogenated alkanes) is 64. The van der Waals surface area contributed by atoms with E-state index in [4.69, 9.17) is 4.74 Å². The molecular weight excluding hydrogens is 1070 g/mol. The number of esters is 1. The Morgan fingerprint density at radius 3 is 0.816 bits per heavy atom. The number of ether oxygens (including phenoxy) is 1. The van der Waals surface area contributed by atoms with Gasteiger partial charge in [0.1, 0.15) is 0 Å². The van der Waals surface area contributed by atoms with E-state index in [1.807, 2.05) is 0 Å². The number of rotatable bonds is 77. The number of allylic oxidation sites excluding steroid dienone is 2. The highest BCUT2D eigenvalue weighted by atomic mass is 16.5. The van der Waals surface area contributed by atoms with Gasteiger partial charge < -0.3 is 20.3 Å². The molecule has 0 spiro atoms. The Labute approximate surface area is 546 Å². The summed E-state index contributed by atoms with van der Waals surface area (Å²) in [5.74, 6) is -0.00736. The van der Waals surface area contributed by atoms with Crippen molar-refractivity contribution in [2.45, 2.75) is 482 Å². The fourth-order valence-electron chi connectivity index (χ4n) is 13.2. The smallest absolute Gasteiger partial charge is 0.305 e. The van der Waals surface area contributed by atoms with E-state index in [-0.39, 0.29) is 18.5 Å². The number of amides is 1. The van der Waals surface area contributed by atoms with Gasteiger partial charge in [-0.2, -0.15) is 0 Å². The number of aliphatic hydroxyl groups is 2. The summed E-state index contributed by atoms with van der Waals surface area (Å²) in [6.45, 7) is 5.00. The lowest BCUT2D eigenvalue weighted by Gasteiger charge is -2.22. The van der Waals surface area contributed by atoms with Crippen molar-refractivity contribution < 1.29 is 24.5 Å². The zero-order chi connectivity index (χ0) is 62.8. The van der Waals surface area contributed by atoms with E-state index >= 15 is 0 Å². The van der Waals surface area contributed by atoms with Gasteiger partial charge in [-0.15, -0.1) is 0 Å². The molecule has 0 saturated carbocycles. The molecule has 0 aliphatic heterocycles. The van der Waals surface area contributed by atoms with Crippen LogP contribution in [0.4, 0.5) is 0 Å². The Kier molecular flexibility index (Phi) is 75.8. The summed E-state index contributed by atoms with van der Waals surface area (Å²) in [6, 6.07) is -0.537. The second-order valence-electron chi connectivity index (χ2n) is 28.1. The van der Waals surface area contributed by atoms with Crippen molar-refractivity contribution in [1.29, 1.82) is 0 Å². The van der Waals surface area contributed by atoms with Crippen LogP contribution in [0.2, 0.25) is 0 Å². The molecule has 0 aliphatic rings. The van der Waals surface area contributed by atoms with E-state index in [1.165, 1.54) is 392 Å². The molecule has 518 valence electrons. The molecule has 0 saturated heterocycles. The summed E-state index contributed by atoms with van der Waals surface area (Å²) in [5.41, 5.74) is 0. The maximum Gasteiger partial charge on any atom is 0.305 e. The van der Waals surface area contributed by atoms with Crippen molar-refractivity contribution in [3.05, 3.63) is 12.2 Å². The number of carbonyl (C=O) groups is 2. The zero-order valence-corrected chi connectivity index (χ0v) is 59.5. The normalized spacial score (nSPS) is 12.5. The van der Waals surface area contributed by atoms with Gasteiger partial charge in [-0.1, -0.05) is 418 Å². The van der Waals surface area contributed by atoms with Crippen LogP contribution in [0.25, 0.3) is 0 Å². The van der Waals surface area contributed by atoms with Crippen molar-refractivity contribution in [3.63, 3.8) is 0 Å². The molecule has 1 amide bonds. The highest BCUT2D eigenvalue weighted by Crippen LogP contribution is 2.21. The molecule has 0 aromatic heterocycles. The lowest BCUT2D eigenvalue weighted by atomic mass is 10.0. The van der Waals surface area contributed by atoms with Crippen molar-refractivity contribution in [3.8, 4) is 0 Å². The Morgan fingerprint density at radius 2 is 0.540 bits per heavy atom. The van der Waals surface area contributed by atoms with Crippen LogP contribution in [0.15, 0.2) is 12.2 Å². The molecule has 6 nitrogen and oxygen atoms in total. The molecule has 0 aliphatic carbocycles. The largest absolute Gasteiger partial charge is 0.466 e. The van der Waals surface area contributed by atoms with Gasteiger partial charge >= 0.3 is 5.97 Å². The predicted octanol–water partition coefficient (Wildman–Crippen LogP) is 26.7. The van der Waals surface area contributed by atoms with Gasteiger partial charge in [-0.3, -0.25) is 9.59 Å². The second-order valence-corrected chi connectivity index (χ2v) is 28.1. The van der Waals surface area contributed by atoms with Crippen LogP contribution >= 0.6 is 0 Å². The summed E-state index contributed by atoms with van der Waals surface area (Å²) in [4.78, 5) is 24.6. The number of hydrogen-bond donors (Lipinski definition) is 3. The van der Waals surface area contributed by atoms with E-state index in [1.54, 1.807) is 0 Å². The van der Waals surface area contributed by atoms with Gasteiger partial charge in [0, 0.05) is 12.8 Å². The third-order valence-corrected chi connectivity index (χ3v) is 19.3. The van der Waals surface area contributed by atoms with E-state index in [2.05, 4.69) is 31.3 Å². The first kappa shape index (κ1) is 85.6. The van der Waals surface area contributed by atoms with E-state index < -0.39 is 12.1 Å². The molecular formula is C81H159NO5. The average Bonchev–Trinajstić information content (AvgIpc) is 3.53. The minimum atomic E-state index is -0.660. The molecule has 2 atom stereocenters. The summed E-state index contributed by atoms with van der Waals surface area (Å²) in [6.07, 6.45) is 97.5. The molecule has 0 aromatic rings. The Balaban J connectivity index is 3.29. The van der Waals surface area contributed by atoms with Gasteiger partial charge in [0.15, 0.2) is 0 Å². The third-order valence-electron chi connectivity index (χ3n) is 19.3. The van der Waals surface area contributed by atoms with Crippen LogP contribution in [0.5, 0.6) is 0 Å². The van der Waals surface area contributed by atoms with Gasteiger partial charge in [-0.05, 0) is 51.4 Å². The van der Waals surface area contributed by atoms with Crippen LogP contribution < -0.4 is 5.32 Å². The Bertz CT molecular complexity index is 1320. The van der Waals surface area contributed by atoms with Crippen LogP contribution in [0, 0.1) is 0 Å². The average molecular weight is 1230 g/mol. The lowest BCUT2D eigenvalue weighted by Crippen LogP contribution is -2.45. The number of hydrogen-bond acceptors (Lipinski definition) is 5. The molecule has 0 bridgehead atoms. The molecule has 6 heteroatoms. The molecule has 0 aromatic carbocycles. The Morgan fingerprint density at radius 1 is 0.310 bits per heavy atom. The molecule has 3 N–H and O–H groups in total. The van der Waals surface area contributed by atoms with E-state index in [9.17, 15) is 19.8 Å². The third kappa shape index (κ3) is 73.5. The highest BCUT2D eigenvalue weighted by molar-refractivity contribution is 5.76. The summed E-state index contributed by atoms with van der Waals surface area (Å²) in [5, 5.41) is 23.4. The number of carbonyl (C=O) groups excluding carboxylic acids is 2. The summed E-state index contributed by atoms with van der Waals surface area (Å²) < 4.78 is 5.51. The van der Waals surface area contributed by atoms with Crippen LogP contribution in [0.1, 0.15) is 470 Å². The van der Waals surface area contributed by atoms with Gasteiger partial charge in [0.05, 0.1) is 25.4 Å². The maximum atomic E-state index is 12.5. The van der Waals surface area contributed by atoms with Crippen molar-refractivity contribution in [2.75, 3.05) is 13.2 Å². The minimum Gasteiger partial charge on any atom is -0.466 e. The Hall–Kier alpha value is -1.40. The lowest BCUT2D eigenvalue weighted by molar-refractivity contribution is -0.143. The number of nitrogens with one attached hydrogen (secondary N) is 1. The van der Waals surface area contributed by atoms with Crippen molar-refractivity contribution in [1.82, 2.24) is 5.32 Å². The van der Waals surface area contributed by atoms with Gasteiger partial charge in [-0.25, -0.2) is 0 Å². The highest BCUT2D eigenvalue weighted by Gasteiger charge is 2.20. The number of aliphatic hydroxyl groups excluding tert-OH is 2. The molecule has 0 heterocycles. The fraction of sp³-hybridized carbons (Fsp3) is 0.951. The van der Waals surface area contributed by atoms with Crippen molar-refractivity contribution in [2.24, 2.45) is 0 Å². The zero-order valence-electron chi connectivity index (χ0n) is 59.5. The standard InChI is InChI=1S/C81H159NO5/c1-3-5-7-9-11-13-15-17-19-42-45-49-53-57-61-65-69-73-79(84)78(77-83)82-80(85)74-70-66-62-58-54-50-46-43-40-38-36-34-32-30-28-26-24-22-21-23-25-27-29-31-33-35-37-39-41-44-48-52-56-60-64-68-72-76-87-81(86)75-71-67-63-59-55-51-47-20-18-16-14-12-10-8-6-4-2/h20,47,78-79,83-84H,3-19,21-46,48-77H2,1-2H3,(H,82,85)/b47-20-. The summed E-state index contributed by atoms with van der Waals surface area (Å²) >= 11 is 0. The van der Waals surface area contributed by atoms with Crippen molar-refractivity contribution >= 4 is 11.9 Å². The van der Waals surface area contributed by atoms with Gasteiger partial charge in [0.2, 0.25) is 5.91 Å². The maximum absolute atomic E-state index is 12.5. The quantitative estimate of drug-likeness (QED) is 0.0320. The van der Waals surface area contributed by atoms with Gasteiger partial charge in [0.25, 0.3) is 0 Å². The van der Waals surface area contributed by atoms with Crippen LogP contribution in [-0.2, 0) is 14.3 Å². The first-order valence-electron chi connectivity index (χ1n) is 40.4. The molecule has 0 fully saturated rings.